The predicted octanol–water partition coefficient (Wildman–Crippen LogP) is 8.83. The van der Waals surface area contributed by atoms with Crippen molar-refractivity contribution in [1.29, 1.82) is 0 Å². The van der Waals surface area contributed by atoms with Crippen molar-refractivity contribution < 1.29 is 68.5 Å². The van der Waals surface area contributed by atoms with Gasteiger partial charge in [0, 0.05) is 0 Å². The second kappa shape index (κ2) is 35.0. The third-order valence-electron chi connectivity index (χ3n) is 8.38. The van der Waals surface area contributed by atoms with E-state index < -0.39 is 10.4 Å². The summed E-state index contributed by atoms with van der Waals surface area (Å²) in [4.78, 5) is 0. The molecule has 0 aromatic rings. The molecule has 0 saturated carbocycles. The molecule has 0 spiro atoms. The molecule has 0 fully saturated rings. The van der Waals surface area contributed by atoms with Gasteiger partial charge < -0.3 is 4.55 Å². The van der Waals surface area contributed by atoms with Crippen molar-refractivity contribution in [2.24, 2.45) is 5.92 Å². The van der Waals surface area contributed by atoms with Gasteiger partial charge >= 0.3 is 51.4 Å². The first-order chi connectivity index (χ1) is 19.0. The Morgan fingerprint density at radius 2 is 0.675 bits per heavy atom. The van der Waals surface area contributed by atoms with Crippen molar-refractivity contribution in [2.75, 3.05) is 6.61 Å². The fourth-order valence-corrected chi connectivity index (χ4v) is 6.10. The van der Waals surface area contributed by atoms with Crippen LogP contribution in [0.15, 0.2) is 0 Å². The van der Waals surface area contributed by atoms with Crippen LogP contribution >= 0.6 is 0 Å². The molecule has 40 heavy (non-hydrogen) atoms. The minimum Gasteiger partial charge on any atom is -0.726 e. The van der Waals surface area contributed by atoms with Crippen LogP contribution in [0.3, 0.4) is 0 Å². The topological polar surface area (TPSA) is 66.4 Å². The molecular weight excluding hydrogens is 544 g/mol. The molecule has 0 N–H and O–H groups in total. The van der Waals surface area contributed by atoms with E-state index in [1.165, 1.54) is 167 Å². The fourth-order valence-electron chi connectivity index (χ4n) is 5.75. The van der Waals surface area contributed by atoms with Crippen LogP contribution in [0.4, 0.5) is 0 Å². The number of unbranched alkanes of at least 4 members (excludes halogenated alkanes) is 26. The minimum atomic E-state index is -4.58. The van der Waals surface area contributed by atoms with Gasteiger partial charge in [-0.1, -0.05) is 194 Å². The Hall–Kier alpha value is 1.51. The van der Waals surface area contributed by atoms with Gasteiger partial charge in [-0.2, -0.15) is 0 Å². The van der Waals surface area contributed by atoms with Crippen LogP contribution in [0.2, 0.25) is 0 Å². The van der Waals surface area contributed by atoms with Gasteiger partial charge in [0.05, 0.1) is 6.61 Å². The van der Waals surface area contributed by atoms with E-state index in [9.17, 15) is 13.0 Å². The third kappa shape index (κ3) is 37.5. The molecule has 0 aromatic heterocycles. The SMILES string of the molecule is CCCCCCCCCCCCCCCCCCCCC(CCCCCCCCCCCC)COS(=O)(=O)[O-].[K+]. The van der Waals surface area contributed by atoms with E-state index in [2.05, 4.69) is 18.0 Å². The Morgan fingerprint density at radius 1 is 0.450 bits per heavy atom. The fraction of sp³-hybridized carbons (Fsp3) is 1.00. The molecule has 4 nitrogen and oxygen atoms in total. The minimum absolute atomic E-state index is 0. The molecule has 0 aliphatic rings. The van der Waals surface area contributed by atoms with Crippen LogP contribution in [0.1, 0.15) is 206 Å². The number of hydrogen-bond acceptors (Lipinski definition) is 4. The average Bonchev–Trinajstić information content (AvgIpc) is 2.91. The first-order valence-corrected chi connectivity index (χ1v) is 18.9. The van der Waals surface area contributed by atoms with Gasteiger partial charge in [0.25, 0.3) is 0 Å². The summed E-state index contributed by atoms with van der Waals surface area (Å²) in [5.74, 6) is 0.198. The maximum Gasteiger partial charge on any atom is 1.00 e. The summed E-state index contributed by atoms with van der Waals surface area (Å²) >= 11 is 0. The molecule has 6 heteroatoms. The van der Waals surface area contributed by atoms with Crippen LogP contribution in [0.5, 0.6) is 0 Å². The maximum atomic E-state index is 10.9. The molecule has 1 unspecified atom stereocenters. The summed E-state index contributed by atoms with van der Waals surface area (Å²) in [6, 6.07) is 0. The molecule has 0 aliphatic heterocycles. The first-order valence-electron chi connectivity index (χ1n) is 17.6. The van der Waals surface area contributed by atoms with Crippen molar-refractivity contribution in [3.8, 4) is 0 Å². The van der Waals surface area contributed by atoms with Crippen LogP contribution < -0.4 is 51.4 Å². The van der Waals surface area contributed by atoms with Crippen molar-refractivity contribution in [1.82, 2.24) is 0 Å². The van der Waals surface area contributed by atoms with Crippen molar-refractivity contribution >= 4 is 10.4 Å². The summed E-state index contributed by atoms with van der Waals surface area (Å²) in [6.45, 7) is 4.61. The van der Waals surface area contributed by atoms with Gasteiger partial charge in [0.1, 0.15) is 0 Å². The molecule has 0 aromatic carbocycles. The Balaban J connectivity index is 0. The molecule has 0 amide bonds. The largest absolute Gasteiger partial charge is 1.00 e. The zero-order chi connectivity index (χ0) is 28.7. The van der Waals surface area contributed by atoms with E-state index in [-0.39, 0.29) is 63.9 Å². The Bertz CT molecular complexity index is 570. The Morgan fingerprint density at radius 3 is 0.900 bits per heavy atom. The third-order valence-corrected chi connectivity index (χ3v) is 8.80. The number of rotatable bonds is 33. The van der Waals surface area contributed by atoms with Gasteiger partial charge in [-0.05, 0) is 18.8 Å². The molecule has 0 aliphatic carbocycles. The monoisotopic (exact) mass is 612 g/mol. The van der Waals surface area contributed by atoms with Gasteiger partial charge in [-0.15, -0.1) is 0 Å². The van der Waals surface area contributed by atoms with E-state index >= 15 is 0 Å². The first kappa shape index (κ1) is 43.6. The smallest absolute Gasteiger partial charge is 0.726 e. The van der Waals surface area contributed by atoms with Crippen LogP contribution in [0, 0.1) is 5.92 Å². The second-order valence-corrected chi connectivity index (χ2v) is 13.4. The molecule has 0 radical (unpaired) electrons. The van der Waals surface area contributed by atoms with Crippen LogP contribution in [-0.2, 0) is 14.6 Å². The van der Waals surface area contributed by atoms with Gasteiger partial charge in [0.15, 0.2) is 0 Å². The van der Waals surface area contributed by atoms with Crippen LogP contribution in [0.25, 0.3) is 0 Å². The zero-order valence-electron chi connectivity index (χ0n) is 27.5. The molecule has 0 heterocycles. The average molecular weight is 613 g/mol. The van der Waals surface area contributed by atoms with E-state index in [0.29, 0.717) is 0 Å². The molecule has 1 atom stereocenters. The summed E-state index contributed by atoms with van der Waals surface area (Å²) in [5.41, 5.74) is 0. The molecule has 236 valence electrons. The second-order valence-electron chi connectivity index (χ2n) is 12.3. The Kier molecular flexibility index (Phi) is 38.2. The van der Waals surface area contributed by atoms with E-state index in [1.54, 1.807) is 0 Å². The predicted molar refractivity (Wildman–Crippen MR) is 169 cm³/mol. The quantitative estimate of drug-likeness (QED) is 0.0321. The molecule has 0 rings (SSSR count). The van der Waals surface area contributed by atoms with Crippen molar-refractivity contribution in [3.05, 3.63) is 0 Å². The summed E-state index contributed by atoms with van der Waals surface area (Å²) in [6.07, 6.45) is 39.6. The number of hydrogen-bond donors (Lipinski definition) is 0. The zero-order valence-corrected chi connectivity index (χ0v) is 31.5. The van der Waals surface area contributed by atoms with Gasteiger partial charge in [0.2, 0.25) is 10.4 Å². The standard InChI is InChI=1S/C34H70O4S.K/c1-3-5-7-9-11-13-15-16-17-18-19-20-21-22-24-26-28-30-32-34(33-38-39(35,36)37)31-29-27-25-23-14-12-10-8-6-4-2;/h34H,3-33H2,1-2H3,(H,35,36,37);/q;+1/p-1. The normalized spacial score (nSPS) is 12.5. The maximum absolute atomic E-state index is 10.9. The summed E-state index contributed by atoms with van der Waals surface area (Å²) < 4.78 is 37.5. The van der Waals surface area contributed by atoms with Gasteiger partial charge in [-0.25, -0.2) is 8.42 Å². The van der Waals surface area contributed by atoms with E-state index in [0.717, 1.165) is 25.7 Å². The van der Waals surface area contributed by atoms with Gasteiger partial charge in [-0.3, -0.25) is 4.18 Å². The van der Waals surface area contributed by atoms with E-state index in [1.807, 2.05) is 0 Å². The van der Waals surface area contributed by atoms with Crippen molar-refractivity contribution in [2.45, 2.75) is 206 Å². The Labute approximate surface area is 295 Å². The molecular formula is C34H69KO4S. The molecule has 0 bridgehead atoms. The molecule has 0 saturated heterocycles. The van der Waals surface area contributed by atoms with E-state index in [4.69, 9.17) is 0 Å². The summed E-state index contributed by atoms with van der Waals surface area (Å²) in [7, 11) is -4.58. The van der Waals surface area contributed by atoms with Crippen molar-refractivity contribution in [3.63, 3.8) is 0 Å². The summed E-state index contributed by atoms with van der Waals surface area (Å²) in [5, 5.41) is 0. The van der Waals surface area contributed by atoms with Crippen LogP contribution in [-0.4, -0.2) is 19.6 Å².